The Morgan fingerprint density at radius 1 is 0.778 bits per heavy atom. The highest BCUT2D eigenvalue weighted by Gasteiger charge is 2.17. The summed E-state index contributed by atoms with van der Waals surface area (Å²) in [5, 5.41) is 8.15. The molecule has 0 amide bonds. The average molecular weight is 368 g/mol. The Labute approximate surface area is 157 Å². The van der Waals surface area contributed by atoms with Gasteiger partial charge in [0.05, 0.1) is 28.4 Å². The van der Waals surface area contributed by atoms with Gasteiger partial charge in [0, 0.05) is 11.6 Å². The fraction of sp³-hybridized carbons (Fsp3) is 0.200. The molecule has 7 nitrogen and oxygen atoms in total. The Kier molecular flexibility index (Phi) is 5.61. The molecule has 0 aliphatic rings. The van der Waals surface area contributed by atoms with Gasteiger partial charge in [-0.25, -0.2) is 0 Å². The van der Waals surface area contributed by atoms with Gasteiger partial charge in [0.25, 0.3) is 0 Å². The first-order valence-electron chi connectivity index (χ1n) is 8.14. The van der Waals surface area contributed by atoms with Crippen molar-refractivity contribution >= 4 is 12.2 Å². The van der Waals surface area contributed by atoms with Gasteiger partial charge in [-0.3, -0.25) is 0 Å². The van der Waals surface area contributed by atoms with Crippen LogP contribution >= 0.6 is 0 Å². The first-order valence-corrected chi connectivity index (χ1v) is 8.14. The average Bonchev–Trinajstić information content (AvgIpc) is 3.20. The molecule has 1 heterocycles. The predicted octanol–water partition coefficient (Wildman–Crippen LogP) is 3.94. The maximum atomic E-state index is 5.72. The van der Waals surface area contributed by atoms with Crippen LogP contribution in [0.1, 0.15) is 11.5 Å². The summed E-state index contributed by atoms with van der Waals surface area (Å²) in [4.78, 5) is 0. The molecule has 0 bridgehead atoms. The minimum atomic E-state index is 0.351. The molecular formula is C20H20N2O5. The number of benzene rings is 2. The molecule has 1 aromatic heterocycles. The molecule has 140 valence electrons. The summed E-state index contributed by atoms with van der Waals surface area (Å²) in [6.07, 6.45) is 3.63. The summed E-state index contributed by atoms with van der Waals surface area (Å²) in [5.41, 5.74) is 1.66. The van der Waals surface area contributed by atoms with Crippen LogP contribution in [-0.2, 0) is 0 Å². The van der Waals surface area contributed by atoms with Crippen molar-refractivity contribution in [1.82, 2.24) is 10.2 Å². The van der Waals surface area contributed by atoms with Crippen molar-refractivity contribution in [1.29, 1.82) is 0 Å². The Bertz CT molecular complexity index is 907. The van der Waals surface area contributed by atoms with Crippen LogP contribution in [0.4, 0.5) is 0 Å². The fourth-order valence-corrected chi connectivity index (χ4v) is 2.51. The molecular weight excluding hydrogens is 348 g/mol. The number of hydrogen-bond donors (Lipinski definition) is 0. The van der Waals surface area contributed by atoms with E-state index in [-0.39, 0.29) is 0 Å². The summed E-state index contributed by atoms with van der Waals surface area (Å²) in [6.45, 7) is 0. The van der Waals surface area contributed by atoms with E-state index in [1.165, 1.54) is 0 Å². The second kappa shape index (κ2) is 8.27. The quantitative estimate of drug-likeness (QED) is 0.625. The number of hydrogen-bond acceptors (Lipinski definition) is 7. The van der Waals surface area contributed by atoms with Crippen LogP contribution in [0.15, 0.2) is 40.8 Å². The molecule has 0 saturated carbocycles. The molecule has 0 aliphatic carbocycles. The molecule has 0 aliphatic heterocycles. The van der Waals surface area contributed by atoms with Gasteiger partial charge in [0.1, 0.15) is 5.75 Å². The third-order valence-electron chi connectivity index (χ3n) is 3.89. The largest absolute Gasteiger partial charge is 0.497 e. The third-order valence-corrected chi connectivity index (χ3v) is 3.89. The lowest BCUT2D eigenvalue weighted by Crippen LogP contribution is -1.95. The van der Waals surface area contributed by atoms with Crippen molar-refractivity contribution in [2.24, 2.45) is 0 Å². The van der Waals surface area contributed by atoms with Crippen molar-refractivity contribution in [2.75, 3.05) is 28.4 Å². The molecule has 2 aromatic carbocycles. The van der Waals surface area contributed by atoms with Gasteiger partial charge in [-0.15, -0.1) is 10.2 Å². The molecule has 0 atom stereocenters. The molecule has 3 rings (SSSR count). The second-order valence-corrected chi connectivity index (χ2v) is 5.47. The molecule has 0 saturated heterocycles. The van der Waals surface area contributed by atoms with E-state index in [2.05, 4.69) is 10.2 Å². The maximum Gasteiger partial charge on any atom is 0.248 e. The van der Waals surface area contributed by atoms with Crippen molar-refractivity contribution < 1.29 is 23.4 Å². The lowest BCUT2D eigenvalue weighted by atomic mass is 10.2. The number of ether oxygens (including phenoxy) is 4. The van der Waals surface area contributed by atoms with E-state index in [4.69, 9.17) is 23.4 Å². The van der Waals surface area contributed by atoms with Crippen LogP contribution < -0.4 is 18.9 Å². The second-order valence-electron chi connectivity index (χ2n) is 5.47. The monoisotopic (exact) mass is 368 g/mol. The third kappa shape index (κ3) is 4.03. The fourth-order valence-electron chi connectivity index (χ4n) is 2.51. The smallest absolute Gasteiger partial charge is 0.248 e. The van der Waals surface area contributed by atoms with Crippen molar-refractivity contribution in [3.8, 4) is 34.5 Å². The lowest BCUT2D eigenvalue weighted by Gasteiger charge is -2.12. The van der Waals surface area contributed by atoms with E-state index < -0.39 is 0 Å². The van der Waals surface area contributed by atoms with E-state index in [0.717, 1.165) is 11.3 Å². The van der Waals surface area contributed by atoms with Crippen LogP contribution in [-0.4, -0.2) is 38.6 Å². The SMILES string of the molecule is COc1ccc(/C=C/c2nnc(-c3cc(OC)c(OC)c(OC)c3)o2)cc1. The normalized spacial score (nSPS) is 10.8. The highest BCUT2D eigenvalue weighted by Crippen LogP contribution is 2.40. The molecule has 3 aromatic rings. The molecule has 0 spiro atoms. The molecule has 7 heteroatoms. The highest BCUT2D eigenvalue weighted by molar-refractivity contribution is 5.68. The molecule has 0 unspecified atom stereocenters. The van der Waals surface area contributed by atoms with Crippen LogP contribution in [0.5, 0.6) is 23.0 Å². The zero-order chi connectivity index (χ0) is 19.2. The maximum absolute atomic E-state index is 5.72. The van der Waals surface area contributed by atoms with E-state index in [1.54, 1.807) is 46.6 Å². The number of nitrogens with zero attached hydrogens (tertiary/aromatic N) is 2. The minimum absolute atomic E-state index is 0.351. The lowest BCUT2D eigenvalue weighted by molar-refractivity contribution is 0.324. The summed E-state index contributed by atoms with van der Waals surface area (Å²) in [6, 6.07) is 11.2. The van der Waals surface area contributed by atoms with E-state index >= 15 is 0 Å². The Morgan fingerprint density at radius 3 is 2.00 bits per heavy atom. The van der Waals surface area contributed by atoms with Gasteiger partial charge in [-0.05, 0) is 35.9 Å². The van der Waals surface area contributed by atoms with Crippen molar-refractivity contribution in [3.05, 3.63) is 47.9 Å². The first kappa shape index (κ1) is 18.3. The van der Waals surface area contributed by atoms with Gasteiger partial charge in [-0.2, -0.15) is 0 Å². The highest BCUT2D eigenvalue weighted by atomic mass is 16.5. The summed E-state index contributed by atoms with van der Waals surface area (Å²) >= 11 is 0. The van der Waals surface area contributed by atoms with E-state index in [9.17, 15) is 0 Å². The van der Waals surface area contributed by atoms with Crippen LogP contribution in [0, 0.1) is 0 Å². The van der Waals surface area contributed by atoms with Gasteiger partial charge in [0.15, 0.2) is 11.5 Å². The van der Waals surface area contributed by atoms with E-state index in [1.807, 2.05) is 30.3 Å². The van der Waals surface area contributed by atoms with Gasteiger partial charge >= 0.3 is 0 Å². The van der Waals surface area contributed by atoms with Crippen LogP contribution in [0.2, 0.25) is 0 Å². The summed E-state index contributed by atoms with van der Waals surface area (Å²) in [5.74, 6) is 3.07. The van der Waals surface area contributed by atoms with Crippen LogP contribution in [0.25, 0.3) is 23.6 Å². The molecule has 0 radical (unpaired) electrons. The van der Waals surface area contributed by atoms with Crippen LogP contribution in [0.3, 0.4) is 0 Å². The minimum Gasteiger partial charge on any atom is -0.497 e. The molecule has 0 N–H and O–H groups in total. The van der Waals surface area contributed by atoms with Gasteiger partial charge in [-0.1, -0.05) is 12.1 Å². The number of aromatic nitrogens is 2. The summed E-state index contributed by atoms with van der Waals surface area (Å²) in [7, 11) is 6.29. The van der Waals surface area contributed by atoms with E-state index in [0.29, 0.717) is 34.6 Å². The zero-order valence-electron chi connectivity index (χ0n) is 15.6. The predicted molar refractivity (Wildman–Crippen MR) is 101 cm³/mol. The van der Waals surface area contributed by atoms with Crippen molar-refractivity contribution in [3.63, 3.8) is 0 Å². The van der Waals surface area contributed by atoms with Crippen molar-refractivity contribution in [2.45, 2.75) is 0 Å². The molecule has 0 fully saturated rings. The number of methoxy groups -OCH3 is 4. The first-order chi connectivity index (χ1) is 13.2. The summed E-state index contributed by atoms with van der Waals surface area (Å²) < 4.78 is 26.9. The van der Waals surface area contributed by atoms with Gasteiger partial charge in [0.2, 0.25) is 17.5 Å². The zero-order valence-corrected chi connectivity index (χ0v) is 15.6. The Morgan fingerprint density at radius 2 is 1.44 bits per heavy atom. The Balaban J connectivity index is 1.85. The number of rotatable bonds is 7. The molecule has 27 heavy (non-hydrogen) atoms. The topological polar surface area (TPSA) is 75.8 Å². The Hall–Kier alpha value is -3.48. The van der Waals surface area contributed by atoms with Gasteiger partial charge < -0.3 is 23.4 Å². The standard InChI is InChI=1S/C20H20N2O5/c1-23-15-8-5-13(6-9-15)7-10-18-21-22-20(27-18)14-11-16(24-2)19(26-4)17(12-14)25-3/h5-12H,1-4H3/b10-7+.